The molecule has 1 saturated heterocycles. The highest BCUT2D eigenvalue weighted by molar-refractivity contribution is 5.80. The Morgan fingerprint density at radius 2 is 1.52 bits per heavy atom. The minimum atomic E-state index is -0.0511. The molecule has 2 N–H and O–H groups in total. The second kappa shape index (κ2) is 6.67. The van der Waals surface area contributed by atoms with Gasteiger partial charge in [-0.2, -0.15) is 0 Å². The first kappa shape index (κ1) is 14.7. The number of hydrogen-bond acceptors (Lipinski definition) is 2. The highest BCUT2D eigenvalue weighted by atomic mass is 16.2. The van der Waals surface area contributed by atoms with Gasteiger partial charge in [-0.15, -0.1) is 0 Å². The summed E-state index contributed by atoms with van der Waals surface area (Å²) >= 11 is 0. The predicted octanol–water partition coefficient (Wildman–Crippen LogP) is 2.02. The number of carbonyl (C=O) groups excluding carboxylic acids is 2. The van der Waals surface area contributed by atoms with Gasteiger partial charge in [-0.1, -0.05) is 25.7 Å². The molecule has 0 aromatic carbocycles. The summed E-state index contributed by atoms with van der Waals surface area (Å²) in [7, 11) is 0. The molecule has 0 spiro atoms. The smallest absolute Gasteiger partial charge is 0.315 e. The van der Waals surface area contributed by atoms with E-state index in [0.29, 0.717) is 18.5 Å². The first-order valence-electron chi connectivity index (χ1n) is 8.58. The molecule has 5 heteroatoms. The van der Waals surface area contributed by atoms with Crippen LogP contribution in [-0.2, 0) is 4.79 Å². The van der Waals surface area contributed by atoms with Gasteiger partial charge < -0.3 is 15.5 Å². The van der Waals surface area contributed by atoms with Crippen molar-refractivity contribution in [1.29, 1.82) is 0 Å². The van der Waals surface area contributed by atoms with Crippen LogP contribution in [0.3, 0.4) is 0 Å². The van der Waals surface area contributed by atoms with Crippen LogP contribution in [0.4, 0.5) is 4.79 Å². The second-order valence-corrected chi connectivity index (χ2v) is 6.85. The molecule has 2 saturated carbocycles. The van der Waals surface area contributed by atoms with Crippen LogP contribution < -0.4 is 10.6 Å². The topological polar surface area (TPSA) is 61.4 Å². The monoisotopic (exact) mass is 293 g/mol. The summed E-state index contributed by atoms with van der Waals surface area (Å²) in [5.41, 5.74) is 0. The zero-order chi connectivity index (χ0) is 14.7. The number of carbonyl (C=O) groups is 2. The van der Waals surface area contributed by atoms with E-state index in [9.17, 15) is 9.59 Å². The quantitative estimate of drug-likeness (QED) is 0.836. The van der Waals surface area contributed by atoms with Crippen LogP contribution in [0.2, 0.25) is 0 Å². The molecule has 5 nitrogen and oxygen atoms in total. The van der Waals surface area contributed by atoms with Crippen LogP contribution in [0.1, 0.15) is 57.8 Å². The minimum absolute atomic E-state index is 0.0511. The van der Waals surface area contributed by atoms with E-state index in [1.165, 1.54) is 25.7 Å². The summed E-state index contributed by atoms with van der Waals surface area (Å²) in [5, 5.41) is 6.12. The summed E-state index contributed by atoms with van der Waals surface area (Å²) in [5.74, 6) is 0.568. The fraction of sp³-hybridized carbons (Fsp3) is 0.875. The molecule has 3 aliphatic rings. The molecule has 0 bridgehead atoms. The lowest BCUT2D eigenvalue weighted by Crippen LogP contribution is -2.48. The maximum absolute atomic E-state index is 12.2. The number of amides is 3. The van der Waals surface area contributed by atoms with E-state index >= 15 is 0 Å². The van der Waals surface area contributed by atoms with Crippen molar-refractivity contribution >= 4 is 11.9 Å². The molecule has 2 aliphatic carbocycles. The summed E-state index contributed by atoms with van der Waals surface area (Å²) in [6, 6.07) is 0.412. The minimum Gasteiger partial charge on any atom is -0.340 e. The third-order valence-corrected chi connectivity index (χ3v) is 5.23. The molecular formula is C16H27N3O2. The highest BCUT2D eigenvalue weighted by Gasteiger charge is 2.34. The summed E-state index contributed by atoms with van der Waals surface area (Å²) in [6.45, 7) is 1.48. The van der Waals surface area contributed by atoms with Crippen LogP contribution in [0.25, 0.3) is 0 Å². The second-order valence-electron chi connectivity index (χ2n) is 6.85. The Hall–Kier alpha value is -1.26. The number of likely N-dealkylation sites (tertiary alicyclic amines) is 1. The van der Waals surface area contributed by atoms with Crippen molar-refractivity contribution in [2.75, 3.05) is 13.1 Å². The molecule has 1 atom stereocenters. The summed E-state index contributed by atoms with van der Waals surface area (Å²) < 4.78 is 0. The van der Waals surface area contributed by atoms with E-state index < -0.39 is 0 Å². The van der Waals surface area contributed by atoms with E-state index in [0.717, 1.165) is 38.6 Å². The number of rotatable bonds is 3. The van der Waals surface area contributed by atoms with E-state index in [-0.39, 0.29) is 18.0 Å². The molecule has 0 radical (unpaired) electrons. The first-order chi connectivity index (χ1) is 10.2. The van der Waals surface area contributed by atoms with Crippen LogP contribution in [-0.4, -0.2) is 42.0 Å². The third kappa shape index (κ3) is 3.69. The van der Waals surface area contributed by atoms with Gasteiger partial charge in [0.1, 0.15) is 0 Å². The van der Waals surface area contributed by atoms with Crippen molar-refractivity contribution in [1.82, 2.24) is 15.5 Å². The molecule has 0 aromatic heterocycles. The summed E-state index contributed by atoms with van der Waals surface area (Å²) in [6.07, 6.45) is 10.1. The van der Waals surface area contributed by atoms with E-state index in [1.807, 2.05) is 4.90 Å². The van der Waals surface area contributed by atoms with Crippen molar-refractivity contribution in [3.05, 3.63) is 0 Å². The Labute approximate surface area is 126 Å². The molecule has 3 amide bonds. The molecule has 0 aromatic rings. The third-order valence-electron chi connectivity index (χ3n) is 5.23. The Morgan fingerprint density at radius 3 is 2.19 bits per heavy atom. The fourth-order valence-corrected chi connectivity index (χ4v) is 3.65. The zero-order valence-electron chi connectivity index (χ0n) is 12.8. The van der Waals surface area contributed by atoms with Gasteiger partial charge in [-0.25, -0.2) is 4.79 Å². The molecule has 1 heterocycles. The van der Waals surface area contributed by atoms with Crippen molar-refractivity contribution in [3.8, 4) is 0 Å². The van der Waals surface area contributed by atoms with E-state index in [4.69, 9.17) is 0 Å². The van der Waals surface area contributed by atoms with Gasteiger partial charge in [0, 0.05) is 31.1 Å². The van der Waals surface area contributed by atoms with Crippen molar-refractivity contribution < 1.29 is 9.59 Å². The normalized spacial score (nSPS) is 27.2. The SMILES string of the molecule is O=C(NC1CCCCC1)N[C@@H]1CCN(C(=O)C2CCC2)C1. The molecule has 3 rings (SSSR count). The van der Waals surface area contributed by atoms with Crippen LogP contribution in [0, 0.1) is 5.92 Å². The standard InChI is InChI=1S/C16H27N3O2/c20-15(12-5-4-6-12)19-10-9-14(11-19)18-16(21)17-13-7-2-1-3-8-13/h12-14H,1-11H2,(H2,17,18,21)/t14-/m1/s1. The van der Waals surface area contributed by atoms with Crippen molar-refractivity contribution in [2.45, 2.75) is 69.9 Å². The van der Waals surface area contributed by atoms with E-state index in [1.54, 1.807) is 0 Å². The van der Waals surface area contributed by atoms with Gasteiger partial charge in [0.2, 0.25) is 5.91 Å². The maximum Gasteiger partial charge on any atom is 0.315 e. The van der Waals surface area contributed by atoms with Gasteiger partial charge in [0.05, 0.1) is 0 Å². The summed E-state index contributed by atoms with van der Waals surface area (Å²) in [4.78, 5) is 26.1. The van der Waals surface area contributed by atoms with Crippen molar-refractivity contribution in [2.24, 2.45) is 5.92 Å². The lowest BCUT2D eigenvalue weighted by atomic mass is 9.84. The highest BCUT2D eigenvalue weighted by Crippen LogP contribution is 2.29. The van der Waals surface area contributed by atoms with Gasteiger partial charge in [-0.05, 0) is 32.1 Å². The van der Waals surface area contributed by atoms with Crippen LogP contribution >= 0.6 is 0 Å². The molecule has 3 fully saturated rings. The van der Waals surface area contributed by atoms with Crippen LogP contribution in [0.5, 0.6) is 0 Å². The first-order valence-corrected chi connectivity index (χ1v) is 8.58. The average molecular weight is 293 g/mol. The molecular weight excluding hydrogens is 266 g/mol. The lowest BCUT2D eigenvalue weighted by Gasteiger charge is -2.29. The number of nitrogens with one attached hydrogen (secondary N) is 2. The van der Waals surface area contributed by atoms with E-state index in [2.05, 4.69) is 10.6 Å². The zero-order valence-corrected chi connectivity index (χ0v) is 12.8. The van der Waals surface area contributed by atoms with Gasteiger partial charge in [0.25, 0.3) is 0 Å². The van der Waals surface area contributed by atoms with Gasteiger partial charge >= 0.3 is 6.03 Å². The predicted molar refractivity (Wildman–Crippen MR) is 80.9 cm³/mol. The molecule has 21 heavy (non-hydrogen) atoms. The maximum atomic E-state index is 12.2. The lowest BCUT2D eigenvalue weighted by molar-refractivity contribution is -0.137. The number of hydrogen-bond donors (Lipinski definition) is 2. The number of nitrogens with zero attached hydrogens (tertiary/aromatic N) is 1. The largest absolute Gasteiger partial charge is 0.340 e. The Kier molecular flexibility index (Phi) is 4.66. The Bertz CT molecular complexity index is 389. The number of urea groups is 1. The van der Waals surface area contributed by atoms with Crippen LogP contribution in [0.15, 0.2) is 0 Å². The molecule has 118 valence electrons. The Morgan fingerprint density at radius 1 is 0.810 bits per heavy atom. The van der Waals surface area contributed by atoms with Crippen molar-refractivity contribution in [3.63, 3.8) is 0 Å². The molecule has 0 unspecified atom stereocenters. The van der Waals surface area contributed by atoms with Gasteiger partial charge in [-0.3, -0.25) is 4.79 Å². The Balaban J connectivity index is 1.39. The molecule has 1 aliphatic heterocycles. The van der Waals surface area contributed by atoms with Gasteiger partial charge in [0.15, 0.2) is 0 Å². The fourth-order valence-electron chi connectivity index (χ4n) is 3.65. The average Bonchev–Trinajstić information content (AvgIpc) is 2.86.